The molecule has 5 rings (SSSR count). The van der Waals surface area contributed by atoms with E-state index in [4.69, 9.17) is 4.84 Å². The first-order chi connectivity index (χ1) is 18.0. The molecular formula is C30H35BrN4O2. The molecule has 0 radical (unpaired) electrons. The van der Waals surface area contributed by atoms with Crippen molar-refractivity contribution >= 4 is 38.5 Å². The third-order valence-corrected chi connectivity index (χ3v) is 8.48. The number of rotatable bonds is 6. The van der Waals surface area contributed by atoms with Crippen LogP contribution in [0.3, 0.4) is 0 Å². The zero-order chi connectivity index (χ0) is 25.8. The van der Waals surface area contributed by atoms with E-state index in [0.717, 1.165) is 71.1 Å². The molecule has 1 amide bonds. The Morgan fingerprint density at radius 2 is 1.84 bits per heavy atom. The maximum atomic E-state index is 13.5. The summed E-state index contributed by atoms with van der Waals surface area (Å²) in [4.78, 5) is 28.3. The van der Waals surface area contributed by atoms with Gasteiger partial charge in [0.15, 0.2) is 0 Å². The van der Waals surface area contributed by atoms with Crippen LogP contribution in [-0.2, 0) is 4.84 Å². The van der Waals surface area contributed by atoms with Crippen molar-refractivity contribution < 1.29 is 9.63 Å². The summed E-state index contributed by atoms with van der Waals surface area (Å²) in [5, 5.41) is 5.56. The van der Waals surface area contributed by atoms with Gasteiger partial charge < -0.3 is 9.74 Å². The Morgan fingerprint density at radius 1 is 1.08 bits per heavy atom. The molecule has 0 aliphatic carbocycles. The lowest BCUT2D eigenvalue weighted by Gasteiger charge is -2.51. The third-order valence-electron chi connectivity index (χ3n) is 7.95. The minimum Gasteiger partial charge on any atom is -0.396 e. The highest BCUT2D eigenvalue weighted by Gasteiger charge is 2.43. The Hall–Kier alpha value is -2.77. The topological polar surface area (TPSA) is 58.0 Å². The maximum absolute atomic E-state index is 13.5. The Balaban J connectivity index is 1.36. The summed E-state index contributed by atoms with van der Waals surface area (Å²) < 4.78 is 1.05. The number of carbonyl (C=O) groups is 1. The standard InChI is InChI=1S/C30H35BrN4O2/c1-3-37-33-28(22-11-13-23(31)14-12-22)27-10-6-7-19-35(27)30(2)16-20-34(21-17-30)29(36)25-15-18-32-26-9-5-4-8-24(25)26/h4-5,8-9,11-15,18,27H,3,6-7,10,16-17,19-21H2,1-2H3/b33-28-. The molecule has 37 heavy (non-hydrogen) atoms. The van der Waals surface area contributed by atoms with Gasteiger partial charge in [-0.15, -0.1) is 0 Å². The molecule has 2 fully saturated rings. The van der Waals surface area contributed by atoms with E-state index in [1.165, 1.54) is 12.8 Å². The van der Waals surface area contributed by atoms with Crippen molar-refractivity contribution in [3.8, 4) is 0 Å². The fraction of sp³-hybridized carbons (Fsp3) is 0.433. The van der Waals surface area contributed by atoms with Gasteiger partial charge in [0.05, 0.1) is 17.1 Å². The summed E-state index contributed by atoms with van der Waals surface area (Å²) >= 11 is 3.56. The quantitative estimate of drug-likeness (QED) is 0.262. The number of nitrogens with zero attached hydrogens (tertiary/aromatic N) is 4. The first-order valence-corrected chi connectivity index (χ1v) is 14.1. The number of aromatic nitrogens is 1. The number of amides is 1. The van der Waals surface area contributed by atoms with Gasteiger partial charge >= 0.3 is 0 Å². The van der Waals surface area contributed by atoms with Gasteiger partial charge in [-0.2, -0.15) is 0 Å². The molecule has 1 aromatic heterocycles. The van der Waals surface area contributed by atoms with Crippen molar-refractivity contribution in [3.63, 3.8) is 0 Å². The predicted octanol–water partition coefficient (Wildman–Crippen LogP) is 6.29. The number of carbonyl (C=O) groups excluding carboxylic acids is 1. The van der Waals surface area contributed by atoms with Gasteiger partial charge in [-0.1, -0.05) is 57.8 Å². The number of pyridine rings is 1. The van der Waals surface area contributed by atoms with Gasteiger partial charge in [-0.3, -0.25) is 14.7 Å². The summed E-state index contributed by atoms with van der Waals surface area (Å²) in [7, 11) is 0. The lowest BCUT2D eigenvalue weighted by atomic mass is 9.82. The minimum absolute atomic E-state index is 0.00940. The highest BCUT2D eigenvalue weighted by molar-refractivity contribution is 9.10. The normalized spacial score (nSPS) is 20.7. The van der Waals surface area contributed by atoms with Crippen LogP contribution in [0.25, 0.3) is 10.9 Å². The van der Waals surface area contributed by atoms with Gasteiger partial charge in [-0.25, -0.2) is 0 Å². The number of benzene rings is 2. The van der Waals surface area contributed by atoms with Crippen LogP contribution in [0.2, 0.25) is 0 Å². The number of hydrogen-bond acceptors (Lipinski definition) is 5. The summed E-state index contributed by atoms with van der Waals surface area (Å²) in [6.07, 6.45) is 7.02. The molecule has 1 atom stereocenters. The third kappa shape index (κ3) is 5.43. The average molecular weight is 564 g/mol. The Kier molecular flexibility index (Phi) is 7.91. The predicted molar refractivity (Wildman–Crippen MR) is 152 cm³/mol. The number of hydrogen-bond donors (Lipinski definition) is 0. The van der Waals surface area contributed by atoms with E-state index in [-0.39, 0.29) is 17.5 Å². The largest absolute Gasteiger partial charge is 0.396 e. The number of likely N-dealkylation sites (tertiary alicyclic amines) is 2. The van der Waals surface area contributed by atoms with Crippen LogP contribution in [0, 0.1) is 0 Å². The van der Waals surface area contributed by atoms with Gasteiger partial charge in [0, 0.05) is 40.2 Å². The van der Waals surface area contributed by atoms with E-state index in [9.17, 15) is 4.79 Å². The number of oxime groups is 1. The highest BCUT2D eigenvalue weighted by atomic mass is 79.9. The molecule has 2 saturated heterocycles. The number of para-hydroxylation sites is 1. The Bertz CT molecular complexity index is 1260. The first kappa shape index (κ1) is 25.9. The van der Waals surface area contributed by atoms with Crippen molar-refractivity contribution in [3.05, 3.63) is 76.4 Å². The molecule has 1 unspecified atom stereocenters. The summed E-state index contributed by atoms with van der Waals surface area (Å²) in [6.45, 7) is 7.41. The number of fused-ring (bicyclic) bond motifs is 1. The second-order valence-electron chi connectivity index (χ2n) is 10.3. The highest BCUT2D eigenvalue weighted by Crippen LogP contribution is 2.36. The molecule has 0 saturated carbocycles. The Morgan fingerprint density at radius 3 is 2.59 bits per heavy atom. The fourth-order valence-electron chi connectivity index (χ4n) is 5.85. The molecule has 194 valence electrons. The molecule has 0 N–H and O–H groups in total. The molecule has 2 aliphatic heterocycles. The molecule has 3 heterocycles. The van der Waals surface area contributed by atoms with Crippen LogP contribution < -0.4 is 0 Å². The van der Waals surface area contributed by atoms with Gasteiger partial charge in [-0.05, 0) is 70.3 Å². The molecule has 2 aliphatic rings. The van der Waals surface area contributed by atoms with Crippen LogP contribution in [0.15, 0.2) is 70.4 Å². The van der Waals surface area contributed by atoms with Crippen LogP contribution in [0.4, 0.5) is 0 Å². The second kappa shape index (κ2) is 11.3. The lowest BCUT2D eigenvalue weighted by Crippen LogP contribution is -2.60. The summed E-state index contributed by atoms with van der Waals surface area (Å²) in [5.74, 6) is 0.101. The van der Waals surface area contributed by atoms with Crippen molar-refractivity contribution in [1.82, 2.24) is 14.8 Å². The van der Waals surface area contributed by atoms with Gasteiger partial charge in [0.1, 0.15) is 12.3 Å². The van der Waals surface area contributed by atoms with E-state index >= 15 is 0 Å². The second-order valence-corrected chi connectivity index (χ2v) is 11.2. The average Bonchev–Trinajstić information content (AvgIpc) is 2.94. The zero-order valence-corrected chi connectivity index (χ0v) is 23.3. The zero-order valence-electron chi connectivity index (χ0n) is 21.7. The van der Waals surface area contributed by atoms with Crippen molar-refractivity contribution in [2.24, 2.45) is 5.16 Å². The van der Waals surface area contributed by atoms with Gasteiger partial charge in [0.25, 0.3) is 5.91 Å². The number of halogens is 1. The van der Waals surface area contributed by atoms with E-state index in [1.54, 1.807) is 6.20 Å². The Labute approximate surface area is 227 Å². The maximum Gasteiger partial charge on any atom is 0.254 e. The molecule has 3 aromatic rings. The monoisotopic (exact) mass is 562 g/mol. The molecule has 0 spiro atoms. The summed E-state index contributed by atoms with van der Waals surface area (Å²) in [6, 6.07) is 18.3. The first-order valence-electron chi connectivity index (χ1n) is 13.4. The van der Waals surface area contributed by atoms with Crippen molar-refractivity contribution in [2.45, 2.75) is 57.5 Å². The molecule has 7 heteroatoms. The van der Waals surface area contributed by atoms with E-state index in [2.05, 4.69) is 62.2 Å². The van der Waals surface area contributed by atoms with Crippen molar-refractivity contribution in [1.29, 1.82) is 0 Å². The lowest BCUT2D eigenvalue weighted by molar-refractivity contribution is 0.00568. The van der Waals surface area contributed by atoms with Crippen LogP contribution in [-0.4, -0.2) is 64.2 Å². The SMILES string of the molecule is CCO/N=C(/c1ccc(Br)cc1)C1CCCCN1C1(C)CCN(C(=O)c2ccnc3ccccc23)CC1. The van der Waals surface area contributed by atoms with E-state index in [1.807, 2.05) is 42.2 Å². The molecule has 2 aromatic carbocycles. The molecular weight excluding hydrogens is 528 g/mol. The van der Waals surface area contributed by atoms with E-state index in [0.29, 0.717) is 6.61 Å². The smallest absolute Gasteiger partial charge is 0.254 e. The van der Waals surface area contributed by atoms with Crippen LogP contribution in [0.1, 0.15) is 61.9 Å². The number of piperidine rings is 2. The molecule has 0 bridgehead atoms. The van der Waals surface area contributed by atoms with Crippen LogP contribution >= 0.6 is 15.9 Å². The van der Waals surface area contributed by atoms with Gasteiger partial charge in [0.2, 0.25) is 0 Å². The summed E-state index contributed by atoms with van der Waals surface area (Å²) in [5.41, 5.74) is 3.71. The fourth-order valence-corrected chi connectivity index (χ4v) is 6.12. The van der Waals surface area contributed by atoms with Crippen LogP contribution in [0.5, 0.6) is 0 Å². The molecule has 6 nitrogen and oxygen atoms in total. The van der Waals surface area contributed by atoms with E-state index < -0.39 is 0 Å². The minimum atomic E-state index is -0.00940. The van der Waals surface area contributed by atoms with Crippen molar-refractivity contribution in [2.75, 3.05) is 26.2 Å².